The fourth-order valence-corrected chi connectivity index (χ4v) is 5.22. The standard InChI is InChI=1S/C25H26F3N5O3S/c1-24(2,3)36-23(35)30-17-9-6-10-32(13-17)22-31-19-18(25(26,27)28)14-37-20(19)21(34)33(22)12-16-8-5-4-7-15(16)11-29/h4-5,7-8,14,17H,6,9-10,12-13H2,1-3H3,(H,30,35)/t17-/m1/s1. The van der Waals surface area contributed by atoms with Gasteiger partial charge in [0.25, 0.3) is 5.56 Å². The predicted molar refractivity (Wildman–Crippen MR) is 134 cm³/mol. The number of ether oxygens (including phenoxy) is 1. The third-order valence-electron chi connectivity index (χ3n) is 5.85. The van der Waals surface area contributed by atoms with Crippen LogP contribution in [0.5, 0.6) is 0 Å². The van der Waals surface area contributed by atoms with Crippen molar-refractivity contribution >= 4 is 33.6 Å². The van der Waals surface area contributed by atoms with Crippen molar-refractivity contribution < 1.29 is 22.7 Å². The summed E-state index contributed by atoms with van der Waals surface area (Å²) in [5, 5.41) is 13.2. The highest BCUT2D eigenvalue weighted by molar-refractivity contribution is 7.17. The van der Waals surface area contributed by atoms with E-state index in [1.807, 2.05) is 0 Å². The van der Waals surface area contributed by atoms with Crippen molar-refractivity contribution in [3.8, 4) is 6.07 Å². The monoisotopic (exact) mass is 533 g/mol. The Balaban J connectivity index is 1.77. The summed E-state index contributed by atoms with van der Waals surface area (Å²) >= 11 is 0.699. The van der Waals surface area contributed by atoms with Gasteiger partial charge in [0.05, 0.1) is 23.7 Å². The highest BCUT2D eigenvalue weighted by Crippen LogP contribution is 2.37. The van der Waals surface area contributed by atoms with Crippen LogP contribution in [-0.4, -0.2) is 40.4 Å². The van der Waals surface area contributed by atoms with Gasteiger partial charge in [-0.2, -0.15) is 18.4 Å². The highest BCUT2D eigenvalue weighted by Gasteiger charge is 2.36. The summed E-state index contributed by atoms with van der Waals surface area (Å²) in [4.78, 5) is 31.9. The van der Waals surface area contributed by atoms with Crippen molar-refractivity contribution in [2.45, 2.75) is 58.0 Å². The SMILES string of the molecule is CC(C)(C)OC(=O)N[C@@H]1CCCN(c2nc3c(C(F)(F)F)csc3c(=O)n2Cc2ccccc2C#N)C1. The van der Waals surface area contributed by atoms with Crippen LogP contribution >= 0.6 is 11.3 Å². The maximum atomic E-state index is 13.7. The molecule has 8 nitrogen and oxygen atoms in total. The summed E-state index contributed by atoms with van der Waals surface area (Å²) in [5.41, 5.74) is -1.77. The van der Waals surface area contributed by atoms with Crippen molar-refractivity contribution in [3.63, 3.8) is 0 Å². The maximum absolute atomic E-state index is 13.7. The summed E-state index contributed by atoms with van der Waals surface area (Å²) in [6.45, 7) is 5.85. The summed E-state index contributed by atoms with van der Waals surface area (Å²) in [5.74, 6) is 0.0600. The predicted octanol–water partition coefficient (Wildman–Crippen LogP) is 4.89. The molecule has 1 aliphatic heterocycles. The van der Waals surface area contributed by atoms with Crippen LogP contribution in [0.2, 0.25) is 0 Å². The number of amides is 1. The zero-order chi connectivity index (χ0) is 27.0. The summed E-state index contributed by atoms with van der Waals surface area (Å²) in [6, 6.07) is 8.45. The molecule has 1 saturated heterocycles. The van der Waals surface area contributed by atoms with E-state index < -0.39 is 34.5 Å². The second-order valence-corrected chi connectivity index (χ2v) is 10.7. The summed E-state index contributed by atoms with van der Waals surface area (Å²) < 4.78 is 47.6. The molecule has 1 atom stereocenters. The van der Waals surface area contributed by atoms with Gasteiger partial charge < -0.3 is 15.0 Å². The minimum absolute atomic E-state index is 0.0409. The summed E-state index contributed by atoms with van der Waals surface area (Å²) in [7, 11) is 0. The van der Waals surface area contributed by atoms with Crippen LogP contribution in [0.3, 0.4) is 0 Å². The molecule has 3 aromatic rings. The second kappa shape index (κ2) is 10.0. The normalized spacial score (nSPS) is 16.5. The lowest BCUT2D eigenvalue weighted by Crippen LogP contribution is -2.50. The molecule has 4 rings (SSSR count). The molecule has 0 radical (unpaired) electrons. The van der Waals surface area contributed by atoms with Crippen molar-refractivity contribution in [1.29, 1.82) is 5.26 Å². The number of benzene rings is 1. The Kier molecular flexibility index (Phi) is 7.19. The molecule has 0 unspecified atom stereocenters. The molecule has 1 fully saturated rings. The van der Waals surface area contributed by atoms with Gasteiger partial charge in [0.2, 0.25) is 5.95 Å². The number of alkyl halides is 3. The van der Waals surface area contributed by atoms with Gasteiger partial charge in [-0.15, -0.1) is 11.3 Å². The number of rotatable bonds is 4. The Labute approximate surface area is 215 Å². The molecule has 1 N–H and O–H groups in total. The first kappa shape index (κ1) is 26.5. The molecule has 37 heavy (non-hydrogen) atoms. The third kappa shape index (κ3) is 5.88. The van der Waals surface area contributed by atoms with Gasteiger partial charge in [0, 0.05) is 24.5 Å². The molecular formula is C25H26F3N5O3S. The molecule has 2 aromatic heterocycles. The number of carbonyl (C=O) groups is 1. The van der Waals surface area contributed by atoms with Gasteiger partial charge in [-0.3, -0.25) is 9.36 Å². The van der Waals surface area contributed by atoms with Crippen LogP contribution in [0.25, 0.3) is 10.2 Å². The van der Waals surface area contributed by atoms with E-state index in [0.717, 1.165) is 5.38 Å². The lowest BCUT2D eigenvalue weighted by atomic mass is 10.1. The number of fused-ring (bicyclic) bond motifs is 1. The fraction of sp³-hybridized carbons (Fsp3) is 0.440. The summed E-state index contributed by atoms with van der Waals surface area (Å²) in [6.07, 6.45) is -4.03. The number of aromatic nitrogens is 2. The number of carbonyl (C=O) groups excluding carboxylic acids is 1. The molecule has 1 aliphatic rings. The van der Waals surface area contributed by atoms with Crippen LogP contribution in [0.1, 0.15) is 50.3 Å². The molecule has 0 spiro atoms. The van der Waals surface area contributed by atoms with Crippen LogP contribution in [0.15, 0.2) is 34.4 Å². The van der Waals surface area contributed by atoms with Gasteiger partial charge >= 0.3 is 12.3 Å². The van der Waals surface area contributed by atoms with E-state index in [1.54, 1.807) is 49.9 Å². The number of halogens is 3. The zero-order valence-corrected chi connectivity index (χ0v) is 21.4. The average Bonchev–Trinajstić information content (AvgIpc) is 3.25. The van der Waals surface area contributed by atoms with Crippen molar-refractivity contribution in [2.75, 3.05) is 18.0 Å². The number of hydrogen-bond acceptors (Lipinski definition) is 7. The Morgan fingerprint density at radius 1 is 1.30 bits per heavy atom. The van der Waals surface area contributed by atoms with Crippen LogP contribution in [-0.2, 0) is 17.5 Å². The Hall–Kier alpha value is -3.59. The smallest absolute Gasteiger partial charge is 0.419 e. The highest BCUT2D eigenvalue weighted by atomic mass is 32.1. The number of thiophene rings is 1. The van der Waals surface area contributed by atoms with Gasteiger partial charge in [0.1, 0.15) is 15.8 Å². The molecule has 12 heteroatoms. The van der Waals surface area contributed by atoms with Crippen molar-refractivity contribution in [1.82, 2.24) is 14.9 Å². The fourth-order valence-electron chi connectivity index (χ4n) is 4.26. The maximum Gasteiger partial charge on any atom is 0.419 e. The minimum atomic E-state index is -4.67. The van der Waals surface area contributed by atoms with Gasteiger partial charge in [0.15, 0.2) is 0 Å². The van der Waals surface area contributed by atoms with Crippen LogP contribution < -0.4 is 15.8 Å². The quantitative estimate of drug-likeness (QED) is 0.513. The first-order valence-corrected chi connectivity index (χ1v) is 12.6. The van der Waals surface area contributed by atoms with Gasteiger partial charge in [-0.1, -0.05) is 18.2 Å². The number of nitrogens with zero attached hydrogens (tertiary/aromatic N) is 4. The Morgan fingerprint density at radius 3 is 2.70 bits per heavy atom. The number of piperidine rings is 1. The first-order chi connectivity index (χ1) is 17.4. The molecule has 1 amide bonds. The van der Waals surface area contributed by atoms with E-state index >= 15 is 0 Å². The second-order valence-electron chi connectivity index (χ2n) is 9.83. The van der Waals surface area contributed by atoms with E-state index in [4.69, 9.17) is 4.74 Å². The molecule has 3 heterocycles. The molecular weight excluding hydrogens is 507 g/mol. The number of nitrogens with one attached hydrogen (secondary N) is 1. The first-order valence-electron chi connectivity index (χ1n) is 11.7. The Bertz CT molecular complexity index is 1420. The minimum Gasteiger partial charge on any atom is -0.444 e. The zero-order valence-electron chi connectivity index (χ0n) is 20.6. The number of nitriles is 1. The largest absolute Gasteiger partial charge is 0.444 e. The average molecular weight is 534 g/mol. The van der Waals surface area contributed by atoms with Crippen LogP contribution in [0, 0.1) is 11.3 Å². The lowest BCUT2D eigenvalue weighted by molar-refractivity contribution is -0.136. The van der Waals surface area contributed by atoms with E-state index in [0.29, 0.717) is 41.9 Å². The molecule has 0 bridgehead atoms. The van der Waals surface area contributed by atoms with Gasteiger partial charge in [-0.25, -0.2) is 9.78 Å². The lowest BCUT2D eigenvalue weighted by Gasteiger charge is -2.35. The van der Waals surface area contributed by atoms with Gasteiger partial charge in [-0.05, 0) is 45.2 Å². The van der Waals surface area contributed by atoms with E-state index in [1.165, 1.54) is 4.57 Å². The Morgan fingerprint density at radius 2 is 2.03 bits per heavy atom. The third-order valence-corrected chi connectivity index (χ3v) is 6.81. The number of anilines is 1. The van der Waals surface area contributed by atoms with Crippen molar-refractivity contribution in [2.24, 2.45) is 0 Å². The molecule has 1 aromatic carbocycles. The van der Waals surface area contributed by atoms with E-state index in [9.17, 15) is 28.0 Å². The number of alkyl carbamates (subject to hydrolysis) is 1. The topological polar surface area (TPSA) is 100 Å². The molecule has 0 saturated carbocycles. The van der Waals surface area contributed by atoms with E-state index in [2.05, 4.69) is 16.4 Å². The van der Waals surface area contributed by atoms with E-state index in [-0.39, 0.29) is 29.8 Å². The molecule has 196 valence electrons. The number of hydrogen-bond donors (Lipinski definition) is 1. The van der Waals surface area contributed by atoms with Crippen molar-refractivity contribution in [3.05, 3.63) is 56.7 Å². The van der Waals surface area contributed by atoms with Crippen LogP contribution in [0.4, 0.5) is 23.9 Å². The molecule has 0 aliphatic carbocycles.